The Kier molecular flexibility index (Phi) is 5.78. The average molecular weight is 497 g/mol. The molecular weight excluding hydrogens is 460 g/mol. The fourth-order valence-corrected chi connectivity index (χ4v) is 8.04. The van der Waals surface area contributed by atoms with Gasteiger partial charge in [-0.05, 0) is 47.6 Å². The third kappa shape index (κ3) is 3.43. The molecule has 8 atom stereocenters. The Morgan fingerprint density at radius 1 is 1.14 bits per heavy atom. The predicted octanol–water partition coefficient (Wildman–Crippen LogP) is 3.38. The Bertz CT molecular complexity index is 1120. The molecule has 0 saturated heterocycles. The van der Waals surface area contributed by atoms with E-state index in [1.54, 1.807) is 6.08 Å². The van der Waals surface area contributed by atoms with E-state index in [1.807, 2.05) is 58.0 Å². The fourth-order valence-electron chi connectivity index (χ4n) is 8.04. The van der Waals surface area contributed by atoms with Crippen molar-refractivity contribution in [2.24, 2.45) is 28.6 Å². The number of aliphatic hydroxyl groups is 3. The van der Waals surface area contributed by atoms with E-state index in [9.17, 15) is 24.9 Å². The Labute approximate surface area is 211 Å². The number of esters is 2. The number of rotatable bonds is 3. The van der Waals surface area contributed by atoms with Crippen molar-refractivity contribution in [2.45, 2.75) is 77.0 Å². The first-order valence-electron chi connectivity index (χ1n) is 12.9. The summed E-state index contributed by atoms with van der Waals surface area (Å²) in [5.41, 5.74) is -1.80. The van der Waals surface area contributed by atoms with Gasteiger partial charge in [-0.25, -0.2) is 9.59 Å². The van der Waals surface area contributed by atoms with Crippen LogP contribution in [0.2, 0.25) is 0 Å². The Hall–Kier alpha value is -2.48. The molecule has 0 aromatic heterocycles. The number of aliphatic hydroxyl groups excluding tert-OH is 1. The quantitative estimate of drug-likeness (QED) is 0.434. The van der Waals surface area contributed by atoms with Crippen molar-refractivity contribution >= 4 is 18.0 Å². The van der Waals surface area contributed by atoms with Crippen LogP contribution in [0.4, 0.5) is 0 Å². The van der Waals surface area contributed by atoms with Crippen LogP contribution in [0.5, 0.6) is 0 Å². The lowest BCUT2D eigenvalue weighted by molar-refractivity contribution is -0.330. The molecule has 1 heterocycles. The molecule has 5 rings (SSSR count). The van der Waals surface area contributed by atoms with Crippen LogP contribution in [0.25, 0.3) is 6.08 Å². The van der Waals surface area contributed by atoms with Gasteiger partial charge in [0, 0.05) is 29.6 Å². The van der Waals surface area contributed by atoms with Gasteiger partial charge in [-0.2, -0.15) is 0 Å². The Morgan fingerprint density at radius 3 is 2.53 bits per heavy atom. The number of hydrogen-bond acceptors (Lipinski definition) is 7. The minimum atomic E-state index is -1.75. The summed E-state index contributed by atoms with van der Waals surface area (Å²) in [6, 6.07) is 9.35. The normalized spacial score (nSPS) is 43.1. The monoisotopic (exact) mass is 496 g/mol. The highest BCUT2D eigenvalue weighted by Gasteiger charge is 2.74. The molecule has 7 nitrogen and oxygen atoms in total. The molecular formula is C29H36O7. The first-order chi connectivity index (χ1) is 16.8. The second kappa shape index (κ2) is 8.27. The lowest BCUT2D eigenvalue weighted by atomic mass is 9.39. The third-order valence-corrected chi connectivity index (χ3v) is 9.81. The molecule has 1 aromatic carbocycles. The van der Waals surface area contributed by atoms with E-state index in [1.165, 1.54) is 12.2 Å². The summed E-state index contributed by atoms with van der Waals surface area (Å²) in [5.74, 6) is -4.22. The van der Waals surface area contributed by atoms with Gasteiger partial charge in [0.05, 0.1) is 6.10 Å². The molecule has 4 aliphatic rings. The van der Waals surface area contributed by atoms with Crippen LogP contribution >= 0.6 is 0 Å². The van der Waals surface area contributed by atoms with Gasteiger partial charge in [0.25, 0.3) is 0 Å². The van der Waals surface area contributed by atoms with Crippen molar-refractivity contribution in [3.05, 3.63) is 53.6 Å². The zero-order chi connectivity index (χ0) is 26.1. The SMILES string of the molecule is C[C@@H]1C2=CC(=O)O[C@@]2(O)C[C@@H]2[C@@H]1[C@@H](O)[C@@H](OC(=O)C=Cc1ccccc1)[C@@]1(O)C(C)(C)CCC[C@]21C. The van der Waals surface area contributed by atoms with Gasteiger partial charge in [-0.3, -0.25) is 0 Å². The maximum Gasteiger partial charge on any atom is 0.333 e. The van der Waals surface area contributed by atoms with Crippen LogP contribution in [0, 0.1) is 28.6 Å². The summed E-state index contributed by atoms with van der Waals surface area (Å²) in [4.78, 5) is 25.2. The van der Waals surface area contributed by atoms with Crippen molar-refractivity contribution in [2.75, 3.05) is 0 Å². The molecule has 194 valence electrons. The lowest BCUT2D eigenvalue weighted by Crippen LogP contribution is -2.77. The molecule has 7 heteroatoms. The maximum atomic E-state index is 13.0. The molecule has 0 bridgehead atoms. The molecule has 0 radical (unpaired) electrons. The summed E-state index contributed by atoms with van der Waals surface area (Å²) in [6.07, 6.45) is 4.14. The second-order valence-electron chi connectivity index (χ2n) is 12.0. The van der Waals surface area contributed by atoms with E-state index in [2.05, 4.69) is 0 Å². The number of hydrogen-bond donors (Lipinski definition) is 3. The van der Waals surface area contributed by atoms with Crippen molar-refractivity contribution < 1.29 is 34.4 Å². The van der Waals surface area contributed by atoms with E-state index in [4.69, 9.17) is 9.47 Å². The number of carbonyl (C=O) groups is 2. The molecule has 1 aromatic rings. The molecule has 3 aliphatic carbocycles. The van der Waals surface area contributed by atoms with E-state index >= 15 is 0 Å². The lowest BCUT2D eigenvalue weighted by Gasteiger charge is -2.69. The number of ether oxygens (including phenoxy) is 2. The van der Waals surface area contributed by atoms with Gasteiger partial charge in [0.1, 0.15) is 5.60 Å². The molecule has 3 N–H and O–H groups in total. The zero-order valence-electron chi connectivity index (χ0n) is 21.3. The van der Waals surface area contributed by atoms with Crippen molar-refractivity contribution in [1.82, 2.24) is 0 Å². The Balaban J connectivity index is 1.56. The van der Waals surface area contributed by atoms with E-state index in [0.717, 1.165) is 12.0 Å². The maximum absolute atomic E-state index is 13.0. The van der Waals surface area contributed by atoms with Crippen LogP contribution in [0.1, 0.15) is 58.9 Å². The van der Waals surface area contributed by atoms with Gasteiger partial charge >= 0.3 is 11.9 Å². The van der Waals surface area contributed by atoms with Gasteiger partial charge in [-0.15, -0.1) is 0 Å². The van der Waals surface area contributed by atoms with Crippen LogP contribution < -0.4 is 0 Å². The molecule has 3 fully saturated rings. The van der Waals surface area contributed by atoms with Crippen molar-refractivity contribution in [3.63, 3.8) is 0 Å². The highest BCUT2D eigenvalue weighted by molar-refractivity contribution is 5.87. The first-order valence-corrected chi connectivity index (χ1v) is 12.9. The molecule has 36 heavy (non-hydrogen) atoms. The Morgan fingerprint density at radius 2 is 1.83 bits per heavy atom. The summed E-state index contributed by atoms with van der Waals surface area (Å²) in [6.45, 7) is 7.72. The summed E-state index contributed by atoms with van der Waals surface area (Å²) in [7, 11) is 0. The van der Waals surface area contributed by atoms with Crippen LogP contribution in [0.3, 0.4) is 0 Å². The van der Waals surface area contributed by atoms with Crippen molar-refractivity contribution in [3.8, 4) is 0 Å². The largest absolute Gasteiger partial charge is 0.453 e. The first kappa shape index (κ1) is 25.2. The molecule has 0 unspecified atom stereocenters. The molecule has 0 amide bonds. The van der Waals surface area contributed by atoms with Gasteiger partial charge in [0.15, 0.2) is 6.10 Å². The van der Waals surface area contributed by atoms with Gasteiger partial charge in [-0.1, -0.05) is 64.4 Å². The number of benzene rings is 1. The van der Waals surface area contributed by atoms with Crippen LogP contribution in [-0.4, -0.2) is 50.9 Å². The average Bonchev–Trinajstić information content (AvgIpc) is 3.13. The minimum absolute atomic E-state index is 0.0834. The smallest absolute Gasteiger partial charge is 0.333 e. The standard InChI is InChI=1S/C29H36O7/c1-17-19-15-22(31)36-28(19,33)16-20-23(17)24(32)25(29(34)26(2,3)13-8-14-27(20,29)4)35-21(30)12-11-18-9-6-5-7-10-18/h5-7,9-12,15,17,20,23-25,32-34H,8,13-14,16H2,1-4H3/t17-,20-,23-,24-,25-,27-,28+,29-/m1/s1. The molecule has 1 aliphatic heterocycles. The highest BCUT2D eigenvalue weighted by Crippen LogP contribution is 2.68. The van der Waals surface area contributed by atoms with Crippen molar-refractivity contribution in [1.29, 1.82) is 0 Å². The molecule has 3 saturated carbocycles. The summed E-state index contributed by atoms with van der Waals surface area (Å²) >= 11 is 0. The highest BCUT2D eigenvalue weighted by atomic mass is 16.7. The zero-order valence-corrected chi connectivity index (χ0v) is 21.3. The van der Waals surface area contributed by atoms with Gasteiger partial charge < -0.3 is 24.8 Å². The fraction of sp³-hybridized carbons (Fsp3) is 0.586. The summed E-state index contributed by atoms with van der Waals surface area (Å²) in [5, 5.41) is 35.7. The second-order valence-corrected chi connectivity index (χ2v) is 12.0. The number of carbonyl (C=O) groups excluding carboxylic acids is 2. The van der Waals surface area contributed by atoms with Crippen LogP contribution in [0.15, 0.2) is 48.1 Å². The molecule has 0 spiro atoms. The van der Waals surface area contributed by atoms with E-state index in [-0.39, 0.29) is 12.3 Å². The van der Waals surface area contributed by atoms with Gasteiger partial charge in [0.2, 0.25) is 5.79 Å². The third-order valence-electron chi connectivity index (χ3n) is 9.81. The van der Waals surface area contributed by atoms with E-state index in [0.29, 0.717) is 18.4 Å². The minimum Gasteiger partial charge on any atom is -0.453 e. The summed E-state index contributed by atoms with van der Waals surface area (Å²) < 4.78 is 11.3. The predicted molar refractivity (Wildman–Crippen MR) is 132 cm³/mol. The topological polar surface area (TPSA) is 113 Å². The van der Waals surface area contributed by atoms with Crippen LogP contribution in [-0.2, 0) is 19.1 Å². The number of fused-ring (bicyclic) bond motifs is 4. The van der Waals surface area contributed by atoms with E-state index < -0.39 is 58.2 Å².